The molecule has 2 aromatic heterocycles. The monoisotopic (exact) mass is 678 g/mol. The number of nitrogens with one attached hydrogen (secondary N) is 1. The number of carbonyl (C=O) groups excluding carboxylic acids is 3. The van der Waals surface area contributed by atoms with Gasteiger partial charge in [-0.1, -0.05) is 65.8 Å². The third-order valence-electron chi connectivity index (χ3n) is 7.07. The molecule has 242 valence electrons. The van der Waals surface area contributed by atoms with Gasteiger partial charge in [-0.05, 0) is 16.3 Å². The first-order valence-corrected chi connectivity index (χ1v) is 16.2. The Hall–Kier alpha value is -5.22. The Morgan fingerprint density at radius 2 is 1.85 bits per heavy atom. The molecule has 0 aliphatic carbocycles. The van der Waals surface area contributed by atoms with Gasteiger partial charge in [-0.15, -0.1) is 23.1 Å². The Morgan fingerprint density at radius 3 is 2.47 bits per heavy atom. The van der Waals surface area contributed by atoms with E-state index in [9.17, 15) is 18.8 Å². The van der Waals surface area contributed by atoms with Gasteiger partial charge in [0.15, 0.2) is 16.9 Å². The van der Waals surface area contributed by atoms with E-state index in [1.54, 1.807) is 0 Å². The first kappa shape index (κ1) is 31.7. The molecular formula is C31H27FN6O7S2. The van der Waals surface area contributed by atoms with Crippen LogP contribution in [-0.4, -0.2) is 75.6 Å². The van der Waals surface area contributed by atoms with Crippen molar-refractivity contribution < 1.29 is 37.6 Å². The normalized spacial score (nSPS) is 17.6. The summed E-state index contributed by atoms with van der Waals surface area (Å²) in [5, 5.41) is 11.2. The number of alkyl halides is 1. The molecule has 0 spiro atoms. The van der Waals surface area contributed by atoms with Gasteiger partial charge >= 0.3 is 5.97 Å². The van der Waals surface area contributed by atoms with Crippen molar-refractivity contribution in [1.82, 2.24) is 20.4 Å². The number of hydrogen-bond acceptors (Lipinski definition) is 13. The molecule has 2 atom stereocenters. The van der Waals surface area contributed by atoms with Crippen LogP contribution in [0, 0.1) is 0 Å². The Balaban J connectivity index is 1.27. The lowest BCUT2D eigenvalue weighted by Crippen LogP contribution is -2.71. The number of esters is 1. The van der Waals surface area contributed by atoms with E-state index in [-0.39, 0.29) is 47.1 Å². The standard InChI is InChI=1S/C31H27FN6O7S2/c32-12-14-44-37-23(21-17-47-31(33)34-21)27(39)35-24-28(40)38-25(20(16-46-29(24)38)15-42-22-11-13-43-36-22)30(41)45-26(18-7-3-1-4-8-18)19-9-5-2-6-10-19/h1-11,13,17,24,26,29H,12,14-16H2,(H2,33,34)(H,35,39)/b37-23-/t24?,29-/m1/s1. The fourth-order valence-corrected chi connectivity index (χ4v) is 6.80. The number of thiazole rings is 1. The molecule has 0 bridgehead atoms. The number of thioether (sulfide) groups is 1. The third kappa shape index (κ3) is 6.97. The van der Waals surface area contributed by atoms with Crippen molar-refractivity contribution in [3.05, 3.63) is 106 Å². The van der Waals surface area contributed by atoms with Crippen molar-refractivity contribution in [2.24, 2.45) is 5.16 Å². The molecular weight excluding hydrogens is 652 g/mol. The van der Waals surface area contributed by atoms with E-state index in [4.69, 9.17) is 24.6 Å². The van der Waals surface area contributed by atoms with Crippen molar-refractivity contribution in [2.75, 3.05) is 31.4 Å². The minimum Gasteiger partial charge on any atom is -0.471 e. The molecule has 2 aromatic carbocycles. The SMILES string of the molecule is Nc1nc(/C(=N/OCCF)C(=O)NC2C(=O)N3C(C(=O)OC(c4ccccc4)c4ccccc4)=C(COc4ccon4)CS[C@H]23)cs1. The lowest BCUT2D eigenvalue weighted by molar-refractivity contribution is -0.154. The summed E-state index contributed by atoms with van der Waals surface area (Å²) in [6, 6.07) is 19.0. The fraction of sp³-hybridized carbons (Fsp3) is 0.226. The zero-order valence-electron chi connectivity index (χ0n) is 24.5. The van der Waals surface area contributed by atoms with Gasteiger partial charge in [0, 0.05) is 22.8 Å². The van der Waals surface area contributed by atoms with Crippen molar-refractivity contribution in [2.45, 2.75) is 17.5 Å². The minimum atomic E-state index is -1.03. The molecule has 2 amide bonds. The smallest absolute Gasteiger partial charge is 0.356 e. The van der Waals surface area contributed by atoms with Crippen LogP contribution in [0.3, 0.4) is 0 Å². The highest BCUT2D eigenvalue weighted by Crippen LogP contribution is 2.42. The first-order chi connectivity index (χ1) is 22.9. The number of carbonyl (C=O) groups is 3. The molecule has 2 aliphatic heterocycles. The number of ether oxygens (including phenoxy) is 2. The van der Waals surface area contributed by atoms with Gasteiger partial charge in [-0.25, -0.2) is 14.2 Å². The van der Waals surface area contributed by atoms with Crippen LogP contribution in [0.2, 0.25) is 0 Å². The molecule has 4 aromatic rings. The number of oxime groups is 1. The van der Waals surface area contributed by atoms with Gasteiger partial charge < -0.3 is 29.9 Å². The number of rotatable bonds is 13. The Bertz CT molecular complexity index is 1750. The summed E-state index contributed by atoms with van der Waals surface area (Å²) in [5.41, 5.74) is 7.52. The van der Waals surface area contributed by atoms with Gasteiger partial charge in [-0.3, -0.25) is 14.5 Å². The molecule has 1 saturated heterocycles. The van der Waals surface area contributed by atoms with Crippen LogP contribution in [-0.2, 0) is 24.0 Å². The van der Waals surface area contributed by atoms with Crippen molar-refractivity contribution in [3.8, 4) is 5.88 Å². The highest BCUT2D eigenvalue weighted by Gasteiger charge is 2.55. The maximum absolute atomic E-state index is 14.1. The third-order valence-corrected chi connectivity index (χ3v) is 9.08. The largest absolute Gasteiger partial charge is 0.471 e. The molecule has 16 heteroatoms. The topological polar surface area (TPSA) is 171 Å². The highest BCUT2D eigenvalue weighted by molar-refractivity contribution is 8.00. The minimum absolute atomic E-state index is 0.0112. The van der Waals surface area contributed by atoms with Gasteiger partial charge in [0.2, 0.25) is 0 Å². The average molecular weight is 679 g/mol. The van der Waals surface area contributed by atoms with Gasteiger partial charge in [0.1, 0.15) is 49.0 Å². The number of amides is 2. The van der Waals surface area contributed by atoms with Gasteiger partial charge in [-0.2, -0.15) is 0 Å². The van der Waals surface area contributed by atoms with Crippen LogP contribution in [0.5, 0.6) is 5.88 Å². The number of benzene rings is 2. The Morgan fingerprint density at radius 1 is 1.13 bits per heavy atom. The number of β-lactam (4-membered cyclic amide) rings is 1. The summed E-state index contributed by atoms with van der Waals surface area (Å²) in [6.07, 6.45) is 0.574. The average Bonchev–Trinajstić information content (AvgIpc) is 3.79. The Labute approximate surface area is 275 Å². The maximum Gasteiger partial charge on any atom is 0.356 e. The summed E-state index contributed by atoms with van der Waals surface area (Å²) in [5.74, 6) is -1.61. The van der Waals surface area contributed by atoms with Crippen molar-refractivity contribution in [1.29, 1.82) is 0 Å². The van der Waals surface area contributed by atoms with Gasteiger partial charge in [0.05, 0.1) is 0 Å². The van der Waals surface area contributed by atoms with E-state index in [1.807, 2.05) is 60.7 Å². The lowest BCUT2D eigenvalue weighted by atomic mass is 10.0. The molecule has 3 N–H and O–H groups in total. The first-order valence-electron chi connectivity index (χ1n) is 14.2. The highest BCUT2D eigenvalue weighted by atomic mass is 32.2. The second-order valence-electron chi connectivity index (χ2n) is 10.1. The summed E-state index contributed by atoms with van der Waals surface area (Å²) in [4.78, 5) is 51.4. The number of fused-ring (bicyclic) bond motifs is 1. The predicted octanol–water partition coefficient (Wildman–Crippen LogP) is 3.47. The molecule has 47 heavy (non-hydrogen) atoms. The molecule has 0 saturated carbocycles. The number of aromatic nitrogens is 2. The number of nitrogen functional groups attached to an aromatic ring is 1. The molecule has 4 heterocycles. The van der Waals surface area contributed by atoms with E-state index < -0.39 is 42.0 Å². The molecule has 1 unspecified atom stereocenters. The molecule has 13 nitrogen and oxygen atoms in total. The van der Waals surface area contributed by atoms with Gasteiger partial charge in [0.25, 0.3) is 17.7 Å². The van der Waals surface area contributed by atoms with E-state index in [1.165, 1.54) is 34.4 Å². The van der Waals surface area contributed by atoms with E-state index in [0.717, 1.165) is 22.5 Å². The fourth-order valence-electron chi connectivity index (χ4n) is 4.92. The number of hydrogen-bond donors (Lipinski definition) is 2. The molecule has 1 fully saturated rings. The zero-order valence-corrected chi connectivity index (χ0v) is 26.1. The van der Waals surface area contributed by atoms with Crippen LogP contribution >= 0.6 is 23.1 Å². The summed E-state index contributed by atoms with van der Waals surface area (Å²) >= 11 is 2.40. The van der Waals surface area contributed by atoms with Crippen LogP contribution in [0.25, 0.3) is 0 Å². The number of anilines is 1. The molecule has 2 aliphatic rings. The summed E-state index contributed by atoms with van der Waals surface area (Å²) in [7, 11) is 0. The lowest BCUT2D eigenvalue weighted by Gasteiger charge is -2.49. The second-order valence-corrected chi connectivity index (χ2v) is 12.1. The van der Waals surface area contributed by atoms with Crippen LogP contribution in [0.4, 0.5) is 9.52 Å². The van der Waals surface area contributed by atoms with E-state index >= 15 is 0 Å². The second kappa shape index (κ2) is 14.5. The Kier molecular flexibility index (Phi) is 9.78. The van der Waals surface area contributed by atoms with Crippen LogP contribution < -0.4 is 15.8 Å². The van der Waals surface area contributed by atoms with E-state index in [0.29, 0.717) is 5.57 Å². The quantitative estimate of drug-likeness (QED) is 0.0698. The summed E-state index contributed by atoms with van der Waals surface area (Å²) in [6.45, 7) is -1.28. The number of nitrogens with two attached hydrogens (primary N) is 1. The summed E-state index contributed by atoms with van der Waals surface area (Å²) < 4.78 is 29.4. The molecule has 6 rings (SSSR count). The van der Waals surface area contributed by atoms with Crippen LogP contribution in [0.1, 0.15) is 22.9 Å². The molecule has 0 radical (unpaired) electrons. The predicted molar refractivity (Wildman–Crippen MR) is 170 cm³/mol. The number of halogens is 1. The maximum atomic E-state index is 14.1. The van der Waals surface area contributed by atoms with Crippen LogP contribution in [0.15, 0.2) is 99.3 Å². The van der Waals surface area contributed by atoms with Crippen molar-refractivity contribution >= 4 is 51.7 Å². The van der Waals surface area contributed by atoms with E-state index in [2.05, 4.69) is 20.6 Å². The van der Waals surface area contributed by atoms with Crippen molar-refractivity contribution in [3.63, 3.8) is 0 Å². The zero-order chi connectivity index (χ0) is 32.8. The number of nitrogens with zero attached hydrogens (tertiary/aromatic N) is 4.